The van der Waals surface area contributed by atoms with Gasteiger partial charge >= 0.3 is 0 Å². The molecule has 1 heterocycles. The lowest BCUT2D eigenvalue weighted by Crippen LogP contribution is -2.63. The summed E-state index contributed by atoms with van der Waals surface area (Å²) in [5.41, 5.74) is -0.804. The summed E-state index contributed by atoms with van der Waals surface area (Å²) in [6.45, 7) is 13.0. The first-order valence-corrected chi connectivity index (χ1v) is 17.1. The maximum atomic E-state index is 13.7. The molecule has 4 fully saturated rings. The van der Waals surface area contributed by atoms with Gasteiger partial charge < -0.3 is 10.2 Å². The largest absolute Gasteiger partial charge is 0.392 e. The highest BCUT2D eigenvalue weighted by atomic mass is 79.9. The van der Waals surface area contributed by atoms with E-state index in [1.54, 1.807) is 0 Å². The molecule has 0 aromatic rings. The third-order valence-corrected chi connectivity index (χ3v) is 15.2. The minimum absolute atomic E-state index is 0.0146. The Balaban J connectivity index is 1.89. The van der Waals surface area contributed by atoms with Crippen molar-refractivity contribution in [1.29, 1.82) is 0 Å². The number of hydrogen-bond acceptors (Lipinski definition) is 5. The predicted octanol–water partition coefficient (Wildman–Crippen LogP) is 5.75. The summed E-state index contributed by atoms with van der Waals surface area (Å²) >= 11 is 7.69. The fourth-order valence-electron chi connectivity index (χ4n) is 8.59. The summed E-state index contributed by atoms with van der Waals surface area (Å²) in [4.78, 5) is -0.214. The Hall–Kier alpha value is 0.790. The van der Waals surface area contributed by atoms with Crippen LogP contribution in [0.3, 0.4) is 0 Å². The SMILES string of the molecule is CC(C)[C@H]1C[C@@H](C2([C@H]3C[C@@H](C(C)C)[C@H](O)[C@@H](Br)[C@H]3C)OS(=O)(=O)[C@@H]3CCCC[C@@H]32)[C@@H](C)[C@@H](Br)[C@H]1O. The van der Waals surface area contributed by atoms with E-state index >= 15 is 0 Å². The lowest BCUT2D eigenvalue weighted by Gasteiger charge is -2.58. The second-order valence-corrected chi connectivity index (χ2v) is 16.8. The Morgan fingerprint density at radius 1 is 0.800 bits per heavy atom. The van der Waals surface area contributed by atoms with Crippen molar-refractivity contribution in [3.63, 3.8) is 0 Å². The van der Waals surface area contributed by atoms with Crippen LogP contribution < -0.4 is 0 Å². The number of aliphatic hydroxyl groups excluding tert-OH is 2. The second-order valence-electron chi connectivity index (χ2n) is 12.9. The minimum Gasteiger partial charge on any atom is -0.392 e. The molecule has 204 valence electrons. The van der Waals surface area contributed by atoms with Crippen molar-refractivity contribution >= 4 is 42.0 Å². The van der Waals surface area contributed by atoms with Crippen molar-refractivity contribution in [3.05, 3.63) is 0 Å². The third kappa shape index (κ3) is 4.64. The first kappa shape index (κ1) is 28.8. The fraction of sp³-hybridized carbons (Fsp3) is 1.00. The summed E-state index contributed by atoms with van der Waals surface area (Å²) in [5, 5.41) is 21.9. The van der Waals surface area contributed by atoms with E-state index in [0.717, 1.165) is 32.1 Å². The molecule has 1 saturated heterocycles. The van der Waals surface area contributed by atoms with E-state index in [9.17, 15) is 18.6 Å². The highest BCUT2D eigenvalue weighted by Crippen LogP contribution is 2.63. The highest BCUT2D eigenvalue weighted by Gasteiger charge is 2.69. The van der Waals surface area contributed by atoms with Gasteiger partial charge in [-0.15, -0.1) is 0 Å². The molecule has 3 aliphatic carbocycles. The Morgan fingerprint density at radius 3 is 1.66 bits per heavy atom. The summed E-state index contributed by atoms with van der Waals surface area (Å²) in [7, 11) is -3.69. The smallest absolute Gasteiger partial charge is 0.271 e. The van der Waals surface area contributed by atoms with Crippen molar-refractivity contribution < 1.29 is 22.8 Å². The summed E-state index contributed by atoms with van der Waals surface area (Å²) in [6.07, 6.45) is 4.14. The molecule has 1 unspecified atom stereocenters. The van der Waals surface area contributed by atoms with E-state index in [-0.39, 0.29) is 62.9 Å². The summed E-state index contributed by atoms with van der Waals surface area (Å²) in [5.74, 6) is 0.870. The Morgan fingerprint density at radius 2 is 1.23 bits per heavy atom. The molecule has 13 atom stereocenters. The molecule has 0 bridgehead atoms. The quantitative estimate of drug-likeness (QED) is 0.302. The monoisotopic (exact) mass is 640 g/mol. The van der Waals surface area contributed by atoms with Crippen molar-refractivity contribution in [2.45, 2.75) is 113 Å². The molecule has 0 amide bonds. The maximum absolute atomic E-state index is 13.7. The van der Waals surface area contributed by atoms with Crippen LogP contribution in [0.25, 0.3) is 0 Å². The minimum atomic E-state index is -3.69. The standard InChI is InChI=1S/C27H46Br2O5S/c1-13(2)17-11-20(15(5)23(28)25(17)30)27(19-9-7-8-10-22(19)35(32,33)34-27)21-12-18(14(3)4)26(31)24(29)16(21)6/h13-26,30-31H,7-12H2,1-6H3/t15-,16+,17-,18+,19-,20-,21+,22+,23-,24+,25-,26-,27?/m0/s1. The Labute approximate surface area is 229 Å². The van der Waals surface area contributed by atoms with Gasteiger partial charge in [0, 0.05) is 15.6 Å². The molecular formula is C27H46Br2O5S. The van der Waals surface area contributed by atoms with Crippen molar-refractivity contribution in [2.75, 3.05) is 0 Å². The molecule has 2 N–H and O–H groups in total. The number of alkyl halides is 2. The van der Waals surface area contributed by atoms with Crippen LogP contribution in [0.5, 0.6) is 0 Å². The van der Waals surface area contributed by atoms with Crippen LogP contribution in [0.15, 0.2) is 0 Å². The van der Waals surface area contributed by atoms with E-state index in [1.165, 1.54) is 0 Å². The molecule has 1 aliphatic heterocycles. The molecule has 0 spiro atoms. The zero-order chi connectivity index (χ0) is 26.0. The van der Waals surface area contributed by atoms with Gasteiger partial charge in [-0.2, -0.15) is 8.42 Å². The maximum Gasteiger partial charge on any atom is 0.271 e. The van der Waals surface area contributed by atoms with Gasteiger partial charge in [0.1, 0.15) is 0 Å². The van der Waals surface area contributed by atoms with Crippen LogP contribution in [0.2, 0.25) is 0 Å². The average molecular weight is 643 g/mol. The number of hydrogen-bond donors (Lipinski definition) is 2. The number of rotatable bonds is 4. The van der Waals surface area contributed by atoms with E-state index in [0.29, 0.717) is 6.42 Å². The molecule has 8 heteroatoms. The normalized spacial score (nSPS) is 52.6. The van der Waals surface area contributed by atoms with Gasteiger partial charge in [0.15, 0.2) is 0 Å². The van der Waals surface area contributed by atoms with Crippen molar-refractivity contribution in [2.24, 2.45) is 53.3 Å². The fourth-order valence-corrected chi connectivity index (χ4v) is 12.2. The van der Waals surface area contributed by atoms with E-state index < -0.39 is 33.2 Å². The van der Waals surface area contributed by atoms with Crippen molar-refractivity contribution in [1.82, 2.24) is 0 Å². The van der Waals surface area contributed by atoms with Crippen LogP contribution >= 0.6 is 31.9 Å². The molecule has 4 aliphatic rings. The number of aliphatic hydroxyl groups is 2. The Bertz CT molecular complexity index is 824. The molecule has 5 nitrogen and oxygen atoms in total. The number of fused-ring (bicyclic) bond motifs is 1. The average Bonchev–Trinajstić information content (AvgIpc) is 3.03. The number of halogens is 2. The molecule has 3 saturated carbocycles. The molecule has 0 aromatic heterocycles. The summed E-state index contributed by atoms with van der Waals surface area (Å²) < 4.78 is 34.0. The van der Waals surface area contributed by atoms with Gasteiger partial charge in [0.2, 0.25) is 0 Å². The zero-order valence-electron chi connectivity index (χ0n) is 22.1. The van der Waals surface area contributed by atoms with Gasteiger partial charge in [-0.3, -0.25) is 4.18 Å². The van der Waals surface area contributed by atoms with Crippen LogP contribution in [-0.2, 0) is 14.3 Å². The Kier molecular flexibility index (Phi) is 8.56. The lowest BCUT2D eigenvalue weighted by molar-refractivity contribution is -0.158. The predicted molar refractivity (Wildman–Crippen MR) is 147 cm³/mol. The summed E-state index contributed by atoms with van der Waals surface area (Å²) in [6, 6.07) is 0. The van der Waals surface area contributed by atoms with E-state index in [1.807, 2.05) is 0 Å². The molecule has 0 radical (unpaired) electrons. The molecule has 35 heavy (non-hydrogen) atoms. The van der Waals surface area contributed by atoms with Crippen LogP contribution in [0.4, 0.5) is 0 Å². The van der Waals surface area contributed by atoms with Crippen molar-refractivity contribution in [3.8, 4) is 0 Å². The topological polar surface area (TPSA) is 83.8 Å². The van der Waals surface area contributed by atoms with Gasteiger partial charge in [-0.1, -0.05) is 86.2 Å². The van der Waals surface area contributed by atoms with E-state index in [4.69, 9.17) is 4.18 Å². The van der Waals surface area contributed by atoms with Crippen LogP contribution in [0, 0.1) is 53.3 Å². The first-order valence-electron chi connectivity index (χ1n) is 13.8. The van der Waals surface area contributed by atoms with Gasteiger partial charge in [0.05, 0.1) is 23.1 Å². The lowest BCUT2D eigenvalue weighted by atomic mass is 9.51. The van der Waals surface area contributed by atoms with Gasteiger partial charge in [0.25, 0.3) is 10.1 Å². The van der Waals surface area contributed by atoms with Crippen LogP contribution in [0.1, 0.15) is 80.1 Å². The molecule has 0 aromatic carbocycles. The third-order valence-electron chi connectivity index (χ3n) is 10.6. The zero-order valence-corrected chi connectivity index (χ0v) is 26.1. The van der Waals surface area contributed by atoms with Gasteiger partial charge in [-0.25, -0.2) is 0 Å². The van der Waals surface area contributed by atoms with Crippen LogP contribution in [-0.4, -0.2) is 51.3 Å². The van der Waals surface area contributed by atoms with E-state index in [2.05, 4.69) is 73.4 Å². The van der Waals surface area contributed by atoms with Gasteiger partial charge in [-0.05, 0) is 73.0 Å². The highest BCUT2D eigenvalue weighted by molar-refractivity contribution is 9.09. The molecule has 4 rings (SSSR count). The molecular weight excluding hydrogens is 596 g/mol. The second kappa shape index (κ2) is 10.4. The first-order chi connectivity index (χ1) is 16.3.